The van der Waals surface area contributed by atoms with E-state index in [0.29, 0.717) is 24.7 Å². The molecule has 1 atom stereocenters. The molecule has 1 aliphatic carbocycles. The van der Waals surface area contributed by atoms with E-state index in [1.54, 1.807) is 0 Å². The Balaban J connectivity index is 1.64. The zero-order valence-corrected chi connectivity index (χ0v) is 8.63. The van der Waals surface area contributed by atoms with Gasteiger partial charge in [0.15, 0.2) is 0 Å². The fourth-order valence-electron chi connectivity index (χ4n) is 2.13. The van der Waals surface area contributed by atoms with Gasteiger partial charge in [-0.1, -0.05) is 19.3 Å². The van der Waals surface area contributed by atoms with Crippen molar-refractivity contribution in [2.75, 3.05) is 19.8 Å². The Morgan fingerprint density at radius 1 is 1.36 bits per heavy atom. The lowest BCUT2D eigenvalue weighted by atomic mass is 9.81. The minimum absolute atomic E-state index is 0.274. The second kappa shape index (κ2) is 4.89. The molecule has 1 heterocycles. The maximum atomic E-state index is 11.6. The lowest BCUT2D eigenvalue weighted by Crippen LogP contribution is -2.42. The minimum atomic E-state index is 0.274. The molecular weight excluding hydrogens is 178 g/mol. The van der Waals surface area contributed by atoms with Crippen LogP contribution in [0.3, 0.4) is 0 Å². The molecule has 2 aliphatic rings. The number of morpholine rings is 1. The van der Waals surface area contributed by atoms with E-state index in [9.17, 15) is 4.79 Å². The van der Waals surface area contributed by atoms with Gasteiger partial charge in [0.1, 0.15) is 5.78 Å². The first-order valence-electron chi connectivity index (χ1n) is 5.67. The van der Waals surface area contributed by atoms with E-state index in [2.05, 4.69) is 5.32 Å². The third kappa shape index (κ3) is 2.79. The van der Waals surface area contributed by atoms with Gasteiger partial charge in [-0.25, -0.2) is 0 Å². The van der Waals surface area contributed by atoms with Crippen molar-refractivity contribution in [3.63, 3.8) is 0 Å². The zero-order chi connectivity index (χ0) is 9.80. The van der Waals surface area contributed by atoms with Gasteiger partial charge in [0.25, 0.3) is 0 Å². The molecule has 1 saturated carbocycles. The topological polar surface area (TPSA) is 38.3 Å². The van der Waals surface area contributed by atoms with Crippen LogP contribution < -0.4 is 5.32 Å². The number of Topliss-reactive ketones (excluding diaryl/α,β-unsaturated/α-hetero) is 1. The summed E-state index contributed by atoms with van der Waals surface area (Å²) in [7, 11) is 0. The molecule has 3 heteroatoms. The maximum absolute atomic E-state index is 11.6. The largest absolute Gasteiger partial charge is 0.379 e. The first-order chi connectivity index (χ1) is 6.84. The van der Waals surface area contributed by atoms with Gasteiger partial charge in [-0.05, 0) is 5.92 Å². The van der Waals surface area contributed by atoms with E-state index < -0.39 is 0 Å². The van der Waals surface area contributed by atoms with Crippen LogP contribution >= 0.6 is 0 Å². The molecule has 0 aromatic carbocycles. The Hall–Kier alpha value is -0.410. The molecule has 1 aliphatic heterocycles. The first-order valence-corrected chi connectivity index (χ1v) is 5.67. The number of rotatable bonds is 4. The van der Waals surface area contributed by atoms with Crippen LogP contribution in [0.25, 0.3) is 0 Å². The number of carbonyl (C=O) groups excluding carboxylic acids is 1. The van der Waals surface area contributed by atoms with Crippen molar-refractivity contribution < 1.29 is 9.53 Å². The van der Waals surface area contributed by atoms with Crippen molar-refractivity contribution in [3.8, 4) is 0 Å². The summed E-state index contributed by atoms with van der Waals surface area (Å²) in [5.41, 5.74) is 0. The number of nitrogens with one attached hydrogen (secondary N) is 1. The highest BCUT2D eigenvalue weighted by Gasteiger charge is 2.23. The fraction of sp³-hybridized carbons (Fsp3) is 0.909. The predicted octanol–water partition coefficient (Wildman–Crippen LogP) is 1.12. The van der Waals surface area contributed by atoms with Gasteiger partial charge in [-0.2, -0.15) is 0 Å². The SMILES string of the molecule is O=C(CC1CCC1)CC1COCCN1. The molecule has 0 bridgehead atoms. The van der Waals surface area contributed by atoms with E-state index in [1.807, 2.05) is 0 Å². The standard InChI is InChI=1S/C11H19NO2/c13-11(6-9-2-1-3-9)7-10-8-14-5-4-12-10/h9-10,12H,1-8H2. The molecule has 0 spiro atoms. The molecular formula is C11H19NO2. The van der Waals surface area contributed by atoms with Crippen molar-refractivity contribution in [2.24, 2.45) is 5.92 Å². The predicted molar refractivity (Wildman–Crippen MR) is 54.2 cm³/mol. The summed E-state index contributed by atoms with van der Waals surface area (Å²) < 4.78 is 5.31. The minimum Gasteiger partial charge on any atom is -0.379 e. The number of hydrogen-bond acceptors (Lipinski definition) is 3. The zero-order valence-electron chi connectivity index (χ0n) is 8.63. The molecule has 2 fully saturated rings. The molecule has 0 amide bonds. The van der Waals surface area contributed by atoms with Crippen molar-refractivity contribution in [2.45, 2.75) is 38.1 Å². The average Bonchev–Trinajstić information content (AvgIpc) is 2.13. The Labute approximate surface area is 85.2 Å². The van der Waals surface area contributed by atoms with Crippen LogP contribution in [0.2, 0.25) is 0 Å². The Kier molecular flexibility index (Phi) is 3.54. The summed E-state index contributed by atoms with van der Waals surface area (Å²) >= 11 is 0. The van der Waals surface area contributed by atoms with Crippen LogP contribution in [0, 0.1) is 5.92 Å². The molecule has 1 N–H and O–H groups in total. The molecule has 1 unspecified atom stereocenters. The summed E-state index contributed by atoms with van der Waals surface area (Å²) in [6.45, 7) is 2.38. The highest BCUT2D eigenvalue weighted by Crippen LogP contribution is 2.29. The first kappa shape index (κ1) is 10.1. The molecule has 0 radical (unpaired) electrons. The highest BCUT2D eigenvalue weighted by atomic mass is 16.5. The van der Waals surface area contributed by atoms with Crippen molar-refractivity contribution in [1.82, 2.24) is 5.32 Å². The van der Waals surface area contributed by atoms with Gasteiger partial charge in [0.05, 0.1) is 13.2 Å². The van der Waals surface area contributed by atoms with Crippen LogP contribution in [-0.4, -0.2) is 31.6 Å². The summed E-state index contributed by atoms with van der Waals surface area (Å²) in [6.07, 6.45) is 5.32. The van der Waals surface area contributed by atoms with Gasteiger partial charge in [-0.15, -0.1) is 0 Å². The van der Waals surface area contributed by atoms with Gasteiger partial charge in [0, 0.05) is 25.4 Å². The van der Waals surface area contributed by atoms with E-state index >= 15 is 0 Å². The number of carbonyl (C=O) groups is 1. The summed E-state index contributed by atoms with van der Waals surface area (Å²) in [5.74, 6) is 1.12. The molecule has 0 aromatic heterocycles. The Morgan fingerprint density at radius 3 is 2.79 bits per heavy atom. The van der Waals surface area contributed by atoms with Crippen LogP contribution in [0.1, 0.15) is 32.1 Å². The summed E-state index contributed by atoms with van der Waals surface area (Å²) in [6, 6.07) is 0.274. The van der Waals surface area contributed by atoms with E-state index in [1.165, 1.54) is 19.3 Å². The quantitative estimate of drug-likeness (QED) is 0.734. The van der Waals surface area contributed by atoms with Gasteiger partial charge in [0.2, 0.25) is 0 Å². The lowest BCUT2D eigenvalue weighted by Gasteiger charge is -2.27. The van der Waals surface area contributed by atoms with Gasteiger partial charge >= 0.3 is 0 Å². The maximum Gasteiger partial charge on any atom is 0.134 e. The summed E-state index contributed by atoms with van der Waals surface area (Å²) in [4.78, 5) is 11.6. The van der Waals surface area contributed by atoms with Gasteiger partial charge < -0.3 is 10.1 Å². The molecule has 3 nitrogen and oxygen atoms in total. The molecule has 14 heavy (non-hydrogen) atoms. The Morgan fingerprint density at radius 2 is 2.21 bits per heavy atom. The number of ketones is 1. The van der Waals surface area contributed by atoms with Crippen molar-refractivity contribution in [1.29, 1.82) is 0 Å². The van der Waals surface area contributed by atoms with Crippen molar-refractivity contribution >= 4 is 5.78 Å². The third-order valence-corrected chi connectivity index (χ3v) is 3.21. The van der Waals surface area contributed by atoms with E-state index in [-0.39, 0.29) is 6.04 Å². The van der Waals surface area contributed by atoms with Crippen LogP contribution in [-0.2, 0) is 9.53 Å². The van der Waals surface area contributed by atoms with E-state index in [4.69, 9.17) is 4.74 Å². The second-order valence-corrected chi connectivity index (χ2v) is 4.47. The van der Waals surface area contributed by atoms with Crippen LogP contribution in [0.4, 0.5) is 0 Å². The molecule has 80 valence electrons. The summed E-state index contributed by atoms with van der Waals surface area (Å²) in [5, 5.41) is 3.31. The molecule has 1 saturated heterocycles. The second-order valence-electron chi connectivity index (χ2n) is 4.47. The molecule has 0 aromatic rings. The molecule has 2 rings (SSSR count). The van der Waals surface area contributed by atoms with E-state index in [0.717, 1.165) is 19.6 Å². The number of hydrogen-bond donors (Lipinski definition) is 1. The third-order valence-electron chi connectivity index (χ3n) is 3.21. The fourth-order valence-corrected chi connectivity index (χ4v) is 2.13. The highest BCUT2D eigenvalue weighted by molar-refractivity contribution is 5.79. The van der Waals surface area contributed by atoms with Crippen molar-refractivity contribution in [3.05, 3.63) is 0 Å². The monoisotopic (exact) mass is 197 g/mol. The average molecular weight is 197 g/mol. The van der Waals surface area contributed by atoms with Gasteiger partial charge in [-0.3, -0.25) is 4.79 Å². The lowest BCUT2D eigenvalue weighted by molar-refractivity contribution is -0.121. The Bertz CT molecular complexity index is 195. The number of ether oxygens (including phenoxy) is 1. The van der Waals surface area contributed by atoms with Crippen LogP contribution in [0.5, 0.6) is 0 Å². The normalized spacial score (nSPS) is 28.4. The smallest absolute Gasteiger partial charge is 0.134 e. The van der Waals surface area contributed by atoms with Crippen LogP contribution in [0.15, 0.2) is 0 Å².